The minimum absolute atomic E-state index is 0.439. The van der Waals surface area contributed by atoms with Gasteiger partial charge in [0, 0.05) is 16.6 Å². The molecule has 0 radical (unpaired) electrons. The van der Waals surface area contributed by atoms with Crippen LogP contribution in [-0.2, 0) is 6.54 Å². The summed E-state index contributed by atoms with van der Waals surface area (Å²) in [5.41, 5.74) is 1.85. The molecule has 0 spiro atoms. The van der Waals surface area contributed by atoms with Crippen LogP contribution >= 0.6 is 15.9 Å². The second-order valence-corrected chi connectivity index (χ2v) is 7.85. The summed E-state index contributed by atoms with van der Waals surface area (Å²) < 4.78 is 1.17. The van der Waals surface area contributed by atoms with Crippen molar-refractivity contribution in [2.24, 2.45) is 11.8 Å². The van der Waals surface area contributed by atoms with E-state index in [1.165, 1.54) is 55.0 Å². The largest absolute Gasteiger partial charge is 0.307 e. The normalized spacial score (nSPS) is 33.1. The van der Waals surface area contributed by atoms with Gasteiger partial charge in [-0.05, 0) is 55.2 Å². The smallest absolute Gasteiger partial charge is 0.0210 e. The van der Waals surface area contributed by atoms with Crippen LogP contribution in [0.25, 0.3) is 0 Å². The maximum absolute atomic E-state index is 3.95. The van der Waals surface area contributed by atoms with E-state index in [2.05, 4.69) is 52.4 Å². The molecule has 0 aliphatic heterocycles. The van der Waals surface area contributed by atoms with Gasteiger partial charge in [0.25, 0.3) is 0 Å². The Hall–Kier alpha value is -0.340. The summed E-state index contributed by atoms with van der Waals surface area (Å²) in [6.45, 7) is 3.39. The molecule has 3 rings (SSSR count). The summed E-state index contributed by atoms with van der Waals surface area (Å²) >= 11 is 3.51. The van der Waals surface area contributed by atoms with E-state index in [9.17, 15) is 0 Å². The zero-order valence-electron chi connectivity index (χ0n) is 12.5. The van der Waals surface area contributed by atoms with Gasteiger partial charge in [-0.15, -0.1) is 0 Å². The molecule has 2 saturated carbocycles. The van der Waals surface area contributed by atoms with Crippen LogP contribution in [0, 0.1) is 11.8 Å². The number of hydrogen-bond donors (Lipinski definition) is 1. The molecule has 2 aliphatic rings. The Bertz CT molecular complexity index is 441. The first-order valence-electron chi connectivity index (χ1n) is 8.18. The Balaban J connectivity index is 1.66. The zero-order valence-corrected chi connectivity index (χ0v) is 14.1. The fraction of sp³-hybridized carbons (Fsp3) is 0.667. The van der Waals surface area contributed by atoms with Gasteiger partial charge >= 0.3 is 0 Å². The maximum Gasteiger partial charge on any atom is 0.0210 e. The van der Waals surface area contributed by atoms with Gasteiger partial charge in [0.15, 0.2) is 0 Å². The molecule has 1 nitrogen and oxygen atoms in total. The second-order valence-electron chi connectivity index (χ2n) is 6.94. The topological polar surface area (TPSA) is 12.0 Å². The third-order valence-corrected chi connectivity index (χ3v) is 5.98. The average Bonchev–Trinajstić information content (AvgIpc) is 2.46. The minimum atomic E-state index is 0.439. The molecular formula is C18H26BrN. The van der Waals surface area contributed by atoms with Crippen molar-refractivity contribution in [2.75, 3.05) is 0 Å². The Kier molecular flexibility index (Phi) is 4.52. The zero-order chi connectivity index (χ0) is 14.0. The number of benzene rings is 1. The van der Waals surface area contributed by atoms with Gasteiger partial charge in [-0.1, -0.05) is 54.2 Å². The van der Waals surface area contributed by atoms with Gasteiger partial charge in [-0.2, -0.15) is 0 Å². The van der Waals surface area contributed by atoms with Crippen LogP contribution in [0.1, 0.15) is 57.4 Å². The van der Waals surface area contributed by atoms with Crippen molar-refractivity contribution >= 4 is 15.9 Å². The molecule has 3 unspecified atom stereocenters. The standard InChI is InChI=1S/C18H26BrN/c1-2-14-10-16-4-3-9-18(11-14,12-16)20-13-15-5-7-17(19)8-6-15/h5-8,14,16,20H,2-4,9-13H2,1H3. The number of halogens is 1. The average molecular weight is 336 g/mol. The molecule has 0 amide bonds. The van der Waals surface area contributed by atoms with Crippen molar-refractivity contribution in [3.8, 4) is 0 Å². The van der Waals surface area contributed by atoms with Crippen LogP contribution in [-0.4, -0.2) is 5.54 Å². The van der Waals surface area contributed by atoms with Crippen LogP contribution < -0.4 is 5.32 Å². The first-order valence-corrected chi connectivity index (χ1v) is 8.98. The van der Waals surface area contributed by atoms with E-state index in [-0.39, 0.29) is 0 Å². The quantitative estimate of drug-likeness (QED) is 0.788. The predicted octanol–water partition coefficient (Wildman–Crippen LogP) is 5.29. The van der Waals surface area contributed by atoms with Crippen LogP contribution in [0.5, 0.6) is 0 Å². The fourth-order valence-corrected chi connectivity index (χ4v) is 4.68. The van der Waals surface area contributed by atoms with Gasteiger partial charge in [-0.25, -0.2) is 0 Å². The van der Waals surface area contributed by atoms with Crippen molar-refractivity contribution in [2.45, 2.75) is 64.0 Å². The lowest BCUT2D eigenvalue weighted by Crippen LogP contribution is -2.52. The van der Waals surface area contributed by atoms with Crippen LogP contribution in [0.4, 0.5) is 0 Å². The highest BCUT2D eigenvalue weighted by atomic mass is 79.9. The molecule has 1 N–H and O–H groups in total. The van der Waals surface area contributed by atoms with Crippen molar-refractivity contribution < 1.29 is 0 Å². The number of fused-ring (bicyclic) bond motifs is 2. The first-order chi connectivity index (χ1) is 9.69. The van der Waals surface area contributed by atoms with Crippen molar-refractivity contribution in [1.82, 2.24) is 5.32 Å². The van der Waals surface area contributed by atoms with E-state index in [4.69, 9.17) is 0 Å². The van der Waals surface area contributed by atoms with Crippen molar-refractivity contribution in [3.05, 3.63) is 34.3 Å². The Morgan fingerprint density at radius 2 is 2.05 bits per heavy atom. The lowest BCUT2D eigenvalue weighted by atomic mass is 9.63. The SMILES string of the molecule is CCC1CC2CCCC(NCc3ccc(Br)cc3)(C1)C2. The van der Waals surface area contributed by atoms with Gasteiger partial charge in [-0.3, -0.25) is 0 Å². The monoisotopic (exact) mass is 335 g/mol. The van der Waals surface area contributed by atoms with E-state index in [0.29, 0.717) is 5.54 Å². The van der Waals surface area contributed by atoms with E-state index in [1.54, 1.807) is 0 Å². The Morgan fingerprint density at radius 1 is 1.25 bits per heavy atom. The third kappa shape index (κ3) is 3.28. The molecule has 110 valence electrons. The fourth-order valence-electron chi connectivity index (χ4n) is 4.42. The van der Waals surface area contributed by atoms with E-state index < -0.39 is 0 Å². The summed E-state index contributed by atoms with van der Waals surface area (Å²) in [6.07, 6.45) is 9.94. The molecule has 0 saturated heterocycles. The number of rotatable bonds is 4. The van der Waals surface area contributed by atoms with Gasteiger partial charge < -0.3 is 5.32 Å². The lowest BCUT2D eigenvalue weighted by molar-refractivity contribution is 0.0745. The molecule has 0 aromatic heterocycles. The summed E-state index contributed by atoms with van der Waals surface area (Å²) in [5.74, 6) is 1.94. The molecule has 0 heterocycles. The van der Waals surface area contributed by atoms with Crippen molar-refractivity contribution in [3.63, 3.8) is 0 Å². The summed E-state index contributed by atoms with van der Waals surface area (Å²) in [4.78, 5) is 0. The highest BCUT2D eigenvalue weighted by molar-refractivity contribution is 9.10. The number of hydrogen-bond acceptors (Lipinski definition) is 1. The minimum Gasteiger partial charge on any atom is -0.307 e. The van der Waals surface area contributed by atoms with Gasteiger partial charge in [0.1, 0.15) is 0 Å². The Labute approximate surface area is 131 Å². The molecule has 1 aromatic rings. The molecule has 2 aliphatic carbocycles. The predicted molar refractivity (Wildman–Crippen MR) is 88.7 cm³/mol. The number of nitrogens with one attached hydrogen (secondary N) is 1. The molecule has 1 aromatic carbocycles. The molecule has 2 heteroatoms. The molecule has 3 atom stereocenters. The van der Waals surface area contributed by atoms with Crippen LogP contribution in [0.15, 0.2) is 28.7 Å². The van der Waals surface area contributed by atoms with Gasteiger partial charge in [0.05, 0.1) is 0 Å². The molecule has 2 fully saturated rings. The van der Waals surface area contributed by atoms with E-state index in [1.807, 2.05) is 0 Å². The molecule has 20 heavy (non-hydrogen) atoms. The third-order valence-electron chi connectivity index (χ3n) is 5.45. The van der Waals surface area contributed by atoms with Crippen LogP contribution in [0.3, 0.4) is 0 Å². The van der Waals surface area contributed by atoms with Crippen molar-refractivity contribution in [1.29, 1.82) is 0 Å². The molecular weight excluding hydrogens is 310 g/mol. The van der Waals surface area contributed by atoms with Gasteiger partial charge in [0.2, 0.25) is 0 Å². The Morgan fingerprint density at radius 3 is 2.80 bits per heavy atom. The second kappa shape index (κ2) is 6.19. The lowest BCUT2D eigenvalue weighted by Gasteiger charge is -2.49. The van der Waals surface area contributed by atoms with E-state index in [0.717, 1.165) is 18.4 Å². The molecule has 2 bridgehead atoms. The van der Waals surface area contributed by atoms with Crippen LogP contribution in [0.2, 0.25) is 0 Å². The first kappa shape index (κ1) is 14.6. The summed E-state index contributed by atoms with van der Waals surface area (Å²) in [5, 5.41) is 3.95. The summed E-state index contributed by atoms with van der Waals surface area (Å²) in [7, 11) is 0. The highest BCUT2D eigenvalue weighted by Crippen LogP contribution is 2.46. The van der Waals surface area contributed by atoms with E-state index >= 15 is 0 Å². The summed E-state index contributed by atoms with van der Waals surface area (Å²) in [6, 6.07) is 8.75. The highest BCUT2D eigenvalue weighted by Gasteiger charge is 2.41. The maximum atomic E-state index is 3.95.